The highest BCUT2D eigenvalue weighted by atomic mass is 16.5. The lowest BCUT2D eigenvalue weighted by Crippen LogP contribution is -2.18. The Balaban J connectivity index is 0.00000103. The van der Waals surface area contributed by atoms with Gasteiger partial charge < -0.3 is 20.3 Å². The van der Waals surface area contributed by atoms with Crippen LogP contribution >= 0.6 is 0 Å². The molecule has 1 unspecified atom stereocenters. The van der Waals surface area contributed by atoms with E-state index in [9.17, 15) is 4.79 Å². The summed E-state index contributed by atoms with van der Waals surface area (Å²) in [5.74, 6) is 0.114. The summed E-state index contributed by atoms with van der Waals surface area (Å²) in [4.78, 5) is 33.0. The van der Waals surface area contributed by atoms with Crippen LogP contribution < -0.4 is 16.2 Å². The Morgan fingerprint density at radius 2 is 1.88 bits per heavy atom. The number of nitrogen functional groups attached to an aromatic ring is 1. The molecule has 0 radical (unpaired) electrons. The fourth-order valence-corrected chi connectivity index (χ4v) is 3.84. The van der Waals surface area contributed by atoms with E-state index in [1.165, 1.54) is 0 Å². The molecule has 12 heteroatoms. The zero-order valence-corrected chi connectivity index (χ0v) is 22.2. The minimum atomic E-state index is -0.833. The molecule has 4 aromatic rings. The first-order chi connectivity index (χ1) is 19.2. The number of rotatable bonds is 11. The molecule has 0 aliphatic rings. The van der Waals surface area contributed by atoms with E-state index < -0.39 is 11.7 Å². The Hall–Kier alpha value is -5.10. The van der Waals surface area contributed by atoms with Crippen molar-refractivity contribution in [1.82, 2.24) is 24.7 Å². The van der Waals surface area contributed by atoms with E-state index in [0.29, 0.717) is 36.8 Å². The Labute approximate surface area is 230 Å². The lowest BCUT2D eigenvalue weighted by atomic mass is 9.89. The normalized spacial score (nSPS) is 11.2. The van der Waals surface area contributed by atoms with Gasteiger partial charge in [0.05, 0.1) is 6.61 Å². The van der Waals surface area contributed by atoms with E-state index in [0.717, 1.165) is 28.3 Å². The van der Waals surface area contributed by atoms with Crippen molar-refractivity contribution in [2.45, 2.75) is 25.9 Å². The average molecular weight is 546 g/mol. The van der Waals surface area contributed by atoms with Crippen molar-refractivity contribution in [2.75, 3.05) is 13.7 Å². The number of aliphatic carboxylic acids is 1. The van der Waals surface area contributed by atoms with Gasteiger partial charge in [0.15, 0.2) is 0 Å². The molecule has 0 spiro atoms. The number of ether oxygens (including phenoxy) is 2. The second-order valence-electron chi connectivity index (χ2n) is 8.61. The second-order valence-corrected chi connectivity index (χ2v) is 8.61. The van der Waals surface area contributed by atoms with Crippen LogP contribution in [0.2, 0.25) is 0 Å². The Morgan fingerprint density at radius 1 is 1.20 bits per heavy atom. The maximum absolute atomic E-state index is 12.8. The lowest BCUT2D eigenvalue weighted by molar-refractivity contribution is -0.134. The van der Waals surface area contributed by atoms with E-state index in [4.69, 9.17) is 30.5 Å². The van der Waals surface area contributed by atoms with Gasteiger partial charge in [-0.15, -0.1) is 9.78 Å². The van der Waals surface area contributed by atoms with Gasteiger partial charge in [-0.1, -0.05) is 43.0 Å². The van der Waals surface area contributed by atoms with E-state index in [1.54, 1.807) is 43.8 Å². The molecule has 0 bridgehead atoms. The molecule has 0 saturated carbocycles. The summed E-state index contributed by atoms with van der Waals surface area (Å²) < 4.78 is 12.3. The van der Waals surface area contributed by atoms with Gasteiger partial charge in [-0.25, -0.2) is 14.8 Å². The van der Waals surface area contributed by atoms with Crippen molar-refractivity contribution in [3.63, 3.8) is 0 Å². The second kappa shape index (κ2) is 14.2. The van der Waals surface area contributed by atoms with Crippen LogP contribution in [0.3, 0.4) is 0 Å². The number of benzene rings is 2. The molecular formula is C28H31N7O5. The van der Waals surface area contributed by atoms with Gasteiger partial charge in [-0.05, 0) is 41.3 Å². The van der Waals surface area contributed by atoms with Gasteiger partial charge in [0.1, 0.15) is 24.0 Å². The molecule has 5 N–H and O–H groups in total. The highest BCUT2D eigenvalue weighted by molar-refractivity contribution is 5.94. The van der Waals surface area contributed by atoms with Crippen LogP contribution in [0.15, 0.2) is 78.4 Å². The summed E-state index contributed by atoms with van der Waals surface area (Å²) in [7, 11) is 1.63. The number of aromatic nitrogens is 5. The molecule has 0 fully saturated rings. The molecule has 0 amide bonds. The van der Waals surface area contributed by atoms with Crippen LogP contribution in [0, 0.1) is 5.41 Å². The fourth-order valence-electron chi connectivity index (χ4n) is 3.84. The fraction of sp³-hybridized carbons (Fsp3) is 0.214. The number of hydrogen-bond donors (Lipinski definition) is 4. The number of hydrogen-bond acceptors (Lipinski definition) is 8. The van der Waals surface area contributed by atoms with Crippen molar-refractivity contribution < 1.29 is 19.4 Å². The monoisotopic (exact) mass is 545 g/mol. The Bertz CT molecular complexity index is 1490. The van der Waals surface area contributed by atoms with Gasteiger partial charge in [0, 0.05) is 37.9 Å². The van der Waals surface area contributed by atoms with Crippen LogP contribution in [-0.2, 0) is 22.6 Å². The van der Waals surface area contributed by atoms with Gasteiger partial charge in [0.25, 0.3) is 11.9 Å². The Kier molecular flexibility index (Phi) is 10.4. The molecule has 0 saturated heterocycles. The van der Waals surface area contributed by atoms with Crippen molar-refractivity contribution in [3.8, 4) is 11.7 Å². The van der Waals surface area contributed by atoms with Gasteiger partial charge in [-0.3, -0.25) is 15.2 Å². The number of methoxy groups -OCH3 is 1. The summed E-state index contributed by atoms with van der Waals surface area (Å²) in [6.45, 7) is 5.54. The summed E-state index contributed by atoms with van der Waals surface area (Å²) in [5, 5.41) is 19.6. The van der Waals surface area contributed by atoms with Crippen molar-refractivity contribution in [3.05, 3.63) is 112 Å². The van der Waals surface area contributed by atoms with E-state index in [2.05, 4.69) is 26.6 Å². The number of nitrogens with one attached hydrogen (secondary N) is 2. The number of nitrogens with two attached hydrogens (primary N) is 1. The first-order valence-electron chi connectivity index (χ1n) is 12.2. The zero-order chi connectivity index (χ0) is 29.1. The number of amidine groups is 1. The molecule has 4 rings (SSSR count). The summed E-state index contributed by atoms with van der Waals surface area (Å²) in [5.41, 5.74) is 8.58. The first-order valence-corrected chi connectivity index (χ1v) is 12.2. The molecule has 2 aromatic heterocycles. The van der Waals surface area contributed by atoms with Crippen molar-refractivity contribution in [2.24, 2.45) is 5.73 Å². The summed E-state index contributed by atoms with van der Waals surface area (Å²) in [6, 6.07) is 14.9. The number of nitrogens with zero attached hydrogens (tertiary/aromatic N) is 4. The number of carbonyl (C=O) groups is 1. The maximum Gasteiger partial charge on any atom is 0.350 e. The molecule has 208 valence electrons. The molecule has 12 nitrogen and oxygen atoms in total. The van der Waals surface area contributed by atoms with Crippen LogP contribution in [0.25, 0.3) is 5.95 Å². The number of carboxylic acid groups (broad SMARTS) is 1. The molecule has 0 aliphatic carbocycles. The average Bonchev–Trinajstić information content (AvgIpc) is 3.32. The molecule has 40 heavy (non-hydrogen) atoms. The summed E-state index contributed by atoms with van der Waals surface area (Å²) in [6.07, 6.45) is 5.29. The predicted octanol–water partition coefficient (Wildman–Crippen LogP) is 2.81. The van der Waals surface area contributed by atoms with E-state index in [1.807, 2.05) is 30.3 Å². The number of H-pyrrole nitrogens is 1. The minimum Gasteiger partial charge on any atom is -0.490 e. The van der Waals surface area contributed by atoms with Crippen LogP contribution in [0.1, 0.15) is 40.9 Å². The first kappa shape index (κ1) is 29.5. The molecule has 0 aliphatic heterocycles. The molecule has 2 aromatic carbocycles. The third-order valence-electron chi connectivity index (χ3n) is 5.48. The van der Waals surface area contributed by atoms with Gasteiger partial charge in [-0.2, -0.15) is 0 Å². The topological polar surface area (TPSA) is 182 Å². The van der Waals surface area contributed by atoms with Crippen LogP contribution in [0.4, 0.5) is 0 Å². The summed E-state index contributed by atoms with van der Waals surface area (Å²) >= 11 is 0. The zero-order valence-electron chi connectivity index (χ0n) is 22.2. The smallest absolute Gasteiger partial charge is 0.350 e. The third-order valence-corrected chi connectivity index (χ3v) is 5.48. The standard InChI is InChI=1S/C26H27N7O3.C2H4O2/c1-3-11-36-21-13-18(16-35-2)12-20(15-21)22(14-17-5-7-19(8-6-17)23(27)28)24-31-26(34)33(32-24)25-29-9-4-10-30-25;1-2(3)4/h3-10,12-13,15,22H,1,11,14,16H2,2H3,(H3,27,28)(H,31,32,34);1H3,(H,3,4). The number of carboxylic acids is 1. The molecular weight excluding hydrogens is 514 g/mol. The van der Waals surface area contributed by atoms with Crippen LogP contribution in [-0.4, -0.2) is 55.4 Å². The molecule has 2 heterocycles. The van der Waals surface area contributed by atoms with Crippen LogP contribution in [0.5, 0.6) is 5.75 Å². The van der Waals surface area contributed by atoms with E-state index >= 15 is 0 Å². The highest BCUT2D eigenvalue weighted by Gasteiger charge is 2.23. The largest absolute Gasteiger partial charge is 0.490 e. The lowest BCUT2D eigenvalue weighted by Gasteiger charge is -2.18. The van der Waals surface area contributed by atoms with Crippen molar-refractivity contribution in [1.29, 1.82) is 5.41 Å². The van der Waals surface area contributed by atoms with Crippen molar-refractivity contribution >= 4 is 11.8 Å². The Morgan fingerprint density at radius 3 is 2.48 bits per heavy atom. The van der Waals surface area contributed by atoms with E-state index in [-0.39, 0.29) is 17.7 Å². The molecule has 1 atom stereocenters. The number of aromatic amines is 1. The van der Waals surface area contributed by atoms with Gasteiger partial charge in [0.2, 0.25) is 0 Å². The predicted molar refractivity (Wildman–Crippen MR) is 149 cm³/mol. The van der Waals surface area contributed by atoms with Gasteiger partial charge >= 0.3 is 5.69 Å². The minimum absolute atomic E-state index is 0.000287. The third kappa shape index (κ3) is 8.20. The highest BCUT2D eigenvalue weighted by Crippen LogP contribution is 2.30. The quantitative estimate of drug-likeness (QED) is 0.125. The maximum atomic E-state index is 12.8. The SMILES string of the molecule is C=CCOc1cc(COC)cc(C(Cc2ccc(C(=N)N)cc2)c2nn(-c3ncccn3)c(=O)[nH]2)c1.CC(=O)O.